The fourth-order valence-electron chi connectivity index (χ4n) is 2.64. The number of carbonyl (C=O) groups excluding carboxylic acids is 1. The van der Waals surface area contributed by atoms with Crippen LogP contribution in [0.5, 0.6) is 0 Å². The molecule has 3 nitrogen and oxygen atoms in total. The quantitative estimate of drug-likeness (QED) is 0.633. The topological polar surface area (TPSA) is 49.4 Å². The molecule has 3 rings (SSSR count). The zero-order chi connectivity index (χ0) is 14.8. The third-order valence-corrected chi connectivity index (χ3v) is 5.33. The number of rotatable bonds is 2. The molecule has 0 saturated carbocycles. The Morgan fingerprint density at radius 1 is 1.14 bits per heavy atom. The largest absolute Gasteiger partial charge is 0.606 e. The van der Waals surface area contributed by atoms with Gasteiger partial charge in [0.15, 0.2) is 9.79 Å². The van der Waals surface area contributed by atoms with Crippen molar-refractivity contribution in [1.82, 2.24) is 0 Å². The number of carbonyl (C=O) groups is 1. The zero-order valence-electron chi connectivity index (χ0n) is 11.8. The molecule has 0 amide bonds. The molecular weight excluding hydrogens is 284 g/mol. The van der Waals surface area contributed by atoms with Crippen molar-refractivity contribution in [2.45, 2.75) is 29.1 Å². The maximum atomic E-state index is 12.7. The first-order chi connectivity index (χ1) is 10.2. The highest BCUT2D eigenvalue weighted by Gasteiger charge is 2.26. The Balaban J connectivity index is 1.97. The van der Waals surface area contributed by atoms with E-state index in [2.05, 4.69) is 0 Å². The van der Waals surface area contributed by atoms with Crippen molar-refractivity contribution in [1.29, 1.82) is 0 Å². The molecular formula is C17H16O3S. The van der Waals surface area contributed by atoms with Gasteiger partial charge >= 0.3 is 5.97 Å². The molecule has 108 valence electrons. The molecule has 1 aliphatic rings. The second-order valence-corrected chi connectivity index (χ2v) is 6.49. The summed E-state index contributed by atoms with van der Waals surface area (Å²) >= 11 is -1.15. The van der Waals surface area contributed by atoms with E-state index in [0.29, 0.717) is 0 Å². The fraction of sp³-hybridized carbons (Fsp3) is 0.235. The number of ether oxygens (including phenoxy) is 1. The molecule has 1 aliphatic heterocycles. The van der Waals surface area contributed by atoms with E-state index in [1.807, 2.05) is 42.5 Å². The minimum atomic E-state index is -1.15. The normalized spacial score (nSPS) is 16.6. The van der Waals surface area contributed by atoms with Gasteiger partial charge in [-0.3, -0.25) is 4.79 Å². The maximum Gasteiger partial charge on any atom is 0.309 e. The molecule has 0 fully saturated rings. The molecule has 1 unspecified atom stereocenters. The van der Waals surface area contributed by atoms with Gasteiger partial charge in [-0.2, -0.15) is 0 Å². The molecule has 1 atom stereocenters. The predicted molar refractivity (Wildman–Crippen MR) is 80.7 cm³/mol. The van der Waals surface area contributed by atoms with Crippen LogP contribution in [0.3, 0.4) is 0 Å². The van der Waals surface area contributed by atoms with Crippen LogP contribution in [0.25, 0.3) is 0 Å². The first-order valence-corrected chi connectivity index (χ1v) is 8.02. The molecule has 0 radical (unpaired) electrons. The van der Waals surface area contributed by atoms with E-state index in [-0.39, 0.29) is 12.4 Å². The van der Waals surface area contributed by atoms with E-state index in [0.717, 1.165) is 39.3 Å². The van der Waals surface area contributed by atoms with Gasteiger partial charge in [0.2, 0.25) is 0 Å². The van der Waals surface area contributed by atoms with Crippen molar-refractivity contribution in [3.8, 4) is 0 Å². The second-order valence-electron chi connectivity index (χ2n) is 5.07. The highest BCUT2D eigenvalue weighted by atomic mass is 32.2. The van der Waals surface area contributed by atoms with Crippen molar-refractivity contribution in [3.63, 3.8) is 0 Å². The second kappa shape index (κ2) is 5.92. The summed E-state index contributed by atoms with van der Waals surface area (Å²) in [5.74, 6) is -0.256. The lowest BCUT2D eigenvalue weighted by atomic mass is 10.0. The summed E-state index contributed by atoms with van der Waals surface area (Å²) in [6.45, 7) is 0. The number of methoxy groups -OCH3 is 1. The molecule has 0 spiro atoms. The highest BCUT2D eigenvalue weighted by Crippen LogP contribution is 2.32. The van der Waals surface area contributed by atoms with Gasteiger partial charge in [-0.15, -0.1) is 0 Å². The Kier molecular flexibility index (Phi) is 3.99. The van der Waals surface area contributed by atoms with Gasteiger partial charge in [0.05, 0.1) is 13.5 Å². The Morgan fingerprint density at radius 2 is 1.86 bits per heavy atom. The molecule has 0 saturated heterocycles. The van der Waals surface area contributed by atoms with E-state index in [1.54, 1.807) is 0 Å². The Morgan fingerprint density at radius 3 is 2.67 bits per heavy atom. The molecule has 2 aromatic carbocycles. The Labute approximate surface area is 127 Å². The van der Waals surface area contributed by atoms with Crippen molar-refractivity contribution in [2.24, 2.45) is 0 Å². The van der Waals surface area contributed by atoms with Crippen LogP contribution < -0.4 is 0 Å². The maximum absolute atomic E-state index is 12.7. The summed E-state index contributed by atoms with van der Waals surface area (Å²) in [4.78, 5) is 13.1. The zero-order valence-corrected chi connectivity index (χ0v) is 12.6. The number of hydrogen-bond acceptors (Lipinski definition) is 3. The SMILES string of the molecule is COC(=O)Cc1ccc2c(c1)CCc1ccccc1[S+]2[O-]. The van der Waals surface area contributed by atoms with Crippen molar-refractivity contribution in [2.75, 3.05) is 7.11 Å². The van der Waals surface area contributed by atoms with Crippen LogP contribution in [0, 0.1) is 0 Å². The fourth-order valence-corrected chi connectivity index (χ4v) is 4.07. The van der Waals surface area contributed by atoms with Gasteiger partial charge in [0, 0.05) is 22.3 Å². The lowest BCUT2D eigenvalue weighted by Gasteiger charge is -2.12. The lowest BCUT2D eigenvalue weighted by Crippen LogP contribution is -2.07. The number of aryl methyl sites for hydroxylation is 2. The summed E-state index contributed by atoms with van der Waals surface area (Å²) < 4.78 is 17.4. The molecule has 1 heterocycles. The van der Waals surface area contributed by atoms with Crippen LogP contribution in [-0.4, -0.2) is 17.6 Å². The molecule has 0 aliphatic carbocycles. The van der Waals surface area contributed by atoms with Crippen molar-refractivity contribution in [3.05, 3.63) is 59.2 Å². The smallest absolute Gasteiger partial charge is 0.309 e. The highest BCUT2D eigenvalue weighted by molar-refractivity contribution is 7.91. The van der Waals surface area contributed by atoms with Crippen molar-refractivity contribution < 1.29 is 14.1 Å². The summed E-state index contributed by atoms with van der Waals surface area (Å²) in [6.07, 6.45) is 1.97. The molecule has 0 bridgehead atoms. The molecule has 2 aromatic rings. The standard InChI is InChI=1S/C17H16O3S/c1-20-17(18)11-12-6-9-16-14(10-12)8-7-13-4-2-3-5-15(13)21(16)19/h2-6,9-10H,7-8,11H2,1H3. The molecule has 0 aromatic heterocycles. The van der Waals surface area contributed by atoms with E-state index in [9.17, 15) is 9.35 Å². The first-order valence-electron chi connectivity index (χ1n) is 6.87. The predicted octanol–water partition coefficient (Wildman–Crippen LogP) is 2.67. The lowest BCUT2D eigenvalue weighted by molar-refractivity contribution is -0.139. The Bertz CT molecular complexity index is 681. The average Bonchev–Trinajstić information content (AvgIpc) is 2.65. The van der Waals surface area contributed by atoms with Gasteiger partial charge in [-0.25, -0.2) is 0 Å². The number of benzene rings is 2. The molecule has 4 heteroatoms. The third kappa shape index (κ3) is 2.82. The van der Waals surface area contributed by atoms with E-state index < -0.39 is 11.2 Å². The minimum Gasteiger partial charge on any atom is -0.606 e. The Hall–Kier alpha value is -1.78. The summed E-state index contributed by atoms with van der Waals surface area (Å²) in [6, 6.07) is 13.6. The summed E-state index contributed by atoms with van der Waals surface area (Å²) in [5.41, 5.74) is 3.11. The first kappa shape index (κ1) is 14.2. The van der Waals surface area contributed by atoms with Crippen LogP contribution >= 0.6 is 0 Å². The van der Waals surface area contributed by atoms with Gasteiger partial charge in [-0.05, 0) is 30.5 Å². The summed E-state index contributed by atoms with van der Waals surface area (Å²) in [7, 11) is 1.39. The van der Waals surface area contributed by atoms with Gasteiger partial charge in [-0.1, -0.05) is 30.3 Å². The van der Waals surface area contributed by atoms with Crippen LogP contribution in [0.4, 0.5) is 0 Å². The molecule has 21 heavy (non-hydrogen) atoms. The van der Waals surface area contributed by atoms with Crippen molar-refractivity contribution >= 4 is 17.1 Å². The minimum absolute atomic E-state index is 0.253. The van der Waals surface area contributed by atoms with Gasteiger partial charge < -0.3 is 9.29 Å². The monoisotopic (exact) mass is 300 g/mol. The summed E-state index contributed by atoms with van der Waals surface area (Å²) in [5, 5.41) is 0. The van der Waals surface area contributed by atoms with E-state index >= 15 is 0 Å². The molecule has 0 N–H and O–H groups in total. The van der Waals surface area contributed by atoms with Gasteiger partial charge in [0.1, 0.15) is 0 Å². The van der Waals surface area contributed by atoms with Crippen LogP contribution in [-0.2, 0) is 40.0 Å². The van der Waals surface area contributed by atoms with Crippen LogP contribution in [0.15, 0.2) is 52.3 Å². The van der Waals surface area contributed by atoms with Crippen LogP contribution in [0.1, 0.15) is 16.7 Å². The van der Waals surface area contributed by atoms with Gasteiger partial charge in [0.25, 0.3) is 0 Å². The van der Waals surface area contributed by atoms with E-state index in [4.69, 9.17) is 4.74 Å². The number of fused-ring (bicyclic) bond motifs is 2. The van der Waals surface area contributed by atoms with Crippen LogP contribution in [0.2, 0.25) is 0 Å². The number of hydrogen-bond donors (Lipinski definition) is 0. The number of esters is 1. The van der Waals surface area contributed by atoms with E-state index in [1.165, 1.54) is 7.11 Å². The third-order valence-electron chi connectivity index (χ3n) is 3.74. The average molecular weight is 300 g/mol.